The van der Waals surface area contributed by atoms with Crippen LogP contribution in [0.1, 0.15) is 0 Å². The Bertz CT molecular complexity index is 42.8. The Morgan fingerprint density at radius 3 is 2.00 bits per heavy atom. The normalized spacial score (nSPS) is 5.50. The van der Waals surface area contributed by atoms with Gasteiger partial charge in [-0.25, -0.2) is 5.26 Å². The molecule has 0 heterocycles. The van der Waals surface area contributed by atoms with Crippen LogP contribution in [-0.2, 0) is 4.99 Å². The summed E-state index contributed by atoms with van der Waals surface area (Å²) in [4.78, 5) is 11.2. The van der Waals surface area contributed by atoms with Crippen LogP contribution in [0.4, 0.5) is 0 Å². The first-order valence-corrected chi connectivity index (χ1v) is 0.730. The number of rotatable bonds is 1. The van der Waals surface area contributed by atoms with Crippen molar-refractivity contribution in [1.29, 1.82) is 0 Å². The molecule has 0 saturated carbocycles. The second-order valence-electron chi connectivity index (χ2n) is 0.305. The van der Waals surface area contributed by atoms with Crippen molar-refractivity contribution in [3.8, 4) is 0 Å². The van der Waals surface area contributed by atoms with Crippen molar-refractivity contribution >= 4 is 27.3 Å². The summed E-state index contributed by atoms with van der Waals surface area (Å²) in [5.74, 6) is 0. The van der Waals surface area contributed by atoms with Crippen LogP contribution >= 0.6 is 0 Å². The van der Waals surface area contributed by atoms with Crippen LogP contribution < -0.4 is 0 Å². The molecule has 0 unspecified atom stereocenters. The summed E-state index contributed by atoms with van der Waals surface area (Å²) in [5, 5.41) is 14.3. The molecule has 0 aliphatic heterocycles. The number of hydrogen-bond acceptors (Lipinski definition) is 4. The van der Waals surface area contributed by atoms with Crippen LogP contribution in [0.2, 0.25) is 0 Å². The molecule has 36 valence electrons. The zero-order chi connectivity index (χ0) is 4.28. The van der Waals surface area contributed by atoms with Crippen LogP contribution in [0.25, 0.3) is 0 Å². The molecule has 6 heteroatoms. The van der Waals surface area contributed by atoms with Gasteiger partial charge in [0.2, 0.25) is 0 Å². The molecule has 0 aromatic carbocycles. The van der Waals surface area contributed by atoms with Crippen LogP contribution in [0.3, 0.4) is 0 Å². The van der Waals surface area contributed by atoms with E-state index in [1.165, 1.54) is 0 Å². The molecule has 0 aromatic rings. The Hall–Kier alpha value is 0.0821. The van der Waals surface area contributed by atoms with Gasteiger partial charge in [0.1, 0.15) is 0 Å². The second-order valence-corrected chi connectivity index (χ2v) is 0.305. The molecule has 0 aliphatic rings. The van der Waals surface area contributed by atoms with Crippen LogP contribution in [0.5, 0.6) is 0 Å². The predicted molar refractivity (Wildman–Crippen MR) is 19.3 cm³/mol. The van der Waals surface area contributed by atoms with E-state index in [9.17, 15) is 0 Å². The van der Waals surface area contributed by atoms with Gasteiger partial charge in [-0.05, 0) is 0 Å². The van der Waals surface area contributed by atoms with Gasteiger partial charge in [-0.1, -0.05) is 0 Å². The van der Waals surface area contributed by atoms with Crippen LogP contribution in [0.15, 0.2) is 0 Å². The topological polar surface area (TPSA) is 72.6 Å². The zero-order valence-electron chi connectivity index (χ0n) is 2.83. The van der Waals surface area contributed by atoms with Crippen molar-refractivity contribution < 1.29 is 15.3 Å². The van der Waals surface area contributed by atoms with Gasteiger partial charge in [0.25, 0.3) is 0 Å². The third-order valence-electron chi connectivity index (χ3n) is 0.0667. The number of nitrogens with zero attached hydrogens (tertiary/aromatic N) is 1. The quantitative estimate of drug-likeness (QED) is 0.283. The van der Waals surface area contributed by atoms with Crippen molar-refractivity contribution in [2.45, 2.75) is 0 Å². The maximum atomic E-state index is 8.70. The van der Waals surface area contributed by atoms with E-state index in [4.69, 9.17) is 15.4 Å². The average molecular weight is 288 g/mol. The van der Waals surface area contributed by atoms with Crippen LogP contribution in [0, 0.1) is 10.1 Å². The molecule has 0 bridgehead atoms. The van der Waals surface area contributed by atoms with Gasteiger partial charge < -0.3 is 0 Å². The summed E-state index contributed by atoms with van der Waals surface area (Å²) in [6, 6.07) is 0. The third kappa shape index (κ3) is 8.94. The summed E-state index contributed by atoms with van der Waals surface area (Å²) < 4.78 is 0. The molecule has 1 N–H and O–H groups in total. The second kappa shape index (κ2) is 5.08. The van der Waals surface area contributed by atoms with Crippen molar-refractivity contribution in [3.63, 3.8) is 0 Å². The molecule has 2 radical (unpaired) electrons. The van der Waals surface area contributed by atoms with E-state index in [2.05, 4.69) is 4.99 Å². The van der Waals surface area contributed by atoms with Gasteiger partial charge in [0.05, 0.1) is 0 Å². The molecule has 0 atom stereocenters. The minimum absolute atomic E-state index is 0. The molecular weight excluding hydrogens is 285 g/mol. The van der Waals surface area contributed by atoms with Crippen molar-refractivity contribution in [2.24, 2.45) is 0 Å². The van der Waals surface area contributed by atoms with E-state index in [0.29, 0.717) is 0 Å². The summed E-state index contributed by atoms with van der Waals surface area (Å²) in [5.41, 5.74) is 0. The van der Waals surface area contributed by atoms with Gasteiger partial charge in [-0.15, -0.1) is 15.1 Å². The zero-order valence-corrected chi connectivity index (χ0v) is 8.32. The van der Waals surface area contributed by atoms with Crippen LogP contribution in [-0.4, -0.2) is 37.6 Å². The molecular formula is H3NO4Pb. The first kappa shape index (κ1) is 9.43. The maximum absolute atomic E-state index is 8.70. The third-order valence-corrected chi connectivity index (χ3v) is 0.0667. The van der Waals surface area contributed by atoms with Crippen molar-refractivity contribution in [2.75, 3.05) is 0 Å². The van der Waals surface area contributed by atoms with E-state index in [-0.39, 0.29) is 27.3 Å². The van der Waals surface area contributed by atoms with E-state index in [0.717, 1.165) is 0 Å². The van der Waals surface area contributed by atoms with Gasteiger partial charge in [0.15, 0.2) is 0 Å². The standard InChI is InChI=1S/HNO4.Pb.2H/c2-1(3)5-4;;;/h4H;;;. The monoisotopic (exact) mass is 289 g/mol. The van der Waals surface area contributed by atoms with Gasteiger partial charge in [-0.2, -0.15) is 0 Å². The minimum atomic E-state index is -1.32. The Kier molecular flexibility index (Phi) is 7.98. The SMILES string of the molecule is O=[N+]([O-])OO.[PbH2]. The molecule has 0 aliphatic carbocycles. The van der Waals surface area contributed by atoms with E-state index < -0.39 is 5.09 Å². The van der Waals surface area contributed by atoms with E-state index >= 15 is 0 Å². The van der Waals surface area contributed by atoms with Gasteiger partial charge in [-0.3, -0.25) is 0 Å². The Labute approximate surface area is 53.1 Å². The molecule has 0 spiro atoms. The first-order valence-electron chi connectivity index (χ1n) is 0.730. The van der Waals surface area contributed by atoms with E-state index in [1.54, 1.807) is 0 Å². The summed E-state index contributed by atoms with van der Waals surface area (Å²) in [6.07, 6.45) is 0. The Morgan fingerprint density at radius 1 is 1.83 bits per heavy atom. The summed E-state index contributed by atoms with van der Waals surface area (Å²) in [6.45, 7) is 0. The molecule has 0 aromatic heterocycles. The van der Waals surface area contributed by atoms with E-state index in [1.807, 2.05) is 0 Å². The number of hydrogen-bond donors (Lipinski definition) is 1. The summed E-state index contributed by atoms with van der Waals surface area (Å²) >= 11 is 0. The summed E-state index contributed by atoms with van der Waals surface area (Å²) in [7, 11) is 0. The molecule has 0 amide bonds. The first-order chi connectivity index (χ1) is 2.27. The fourth-order valence-corrected chi connectivity index (χ4v) is 0. The molecule has 0 saturated heterocycles. The predicted octanol–water partition coefficient (Wildman–Crippen LogP) is -1.25. The average Bonchev–Trinajstić information content (AvgIpc) is 1.38. The molecule has 6 heavy (non-hydrogen) atoms. The Morgan fingerprint density at radius 2 is 2.00 bits per heavy atom. The van der Waals surface area contributed by atoms with Crippen molar-refractivity contribution in [1.82, 2.24) is 0 Å². The molecule has 0 fully saturated rings. The molecule has 5 nitrogen and oxygen atoms in total. The van der Waals surface area contributed by atoms with Crippen molar-refractivity contribution in [3.05, 3.63) is 10.1 Å². The molecule has 0 rings (SSSR count). The fourth-order valence-electron chi connectivity index (χ4n) is 0. The fraction of sp³-hybridized carbons (Fsp3) is 0. The Balaban J connectivity index is 0. The van der Waals surface area contributed by atoms with Gasteiger partial charge in [0, 0.05) is 0 Å². The van der Waals surface area contributed by atoms with Gasteiger partial charge >= 0.3 is 32.4 Å².